The van der Waals surface area contributed by atoms with Crippen molar-refractivity contribution >= 4 is 17.6 Å². The molecule has 108 valence electrons. The number of ether oxygens (including phenoxy) is 1. The van der Waals surface area contributed by atoms with E-state index in [-0.39, 0.29) is 0 Å². The fourth-order valence-electron chi connectivity index (χ4n) is 1.55. The lowest BCUT2D eigenvalue weighted by molar-refractivity contribution is 0.198. The number of anilines is 1. The number of methoxy groups -OCH3 is 1. The van der Waals surface area contributed by atoms with E-state index >= 15 is 0 Å². The molecule has 0 saturated heterocycles. The number of benzene rings is 1. The number of nitrogens with zero attached hydrogens (tertiary/aromatic N) is 2. The Morgan fingerprint density at radius 1 is 1.20 bits per heavy atom. The van der Waals surface area contributed by atoms with Crippen LogP contribution in [0.5, 0.6) is 0 Å². The normalized spacial score (nSPS) is 10.7. The summed E-state index contributed by atoms with van der Waals surface area (Å²) in [4.78, 5) is 0. The first-order valence-electron chi connectivity index (χ1n) is 6.28. The Morgan fingerprint density at radius 3 is 2.75 bits per heavy atom. The molecule has 0 radical (unpaired) electrons. The molecule has 20 heavy (non-hydrogen) atoms. The summed E-state index contributed by atoms with van der Waals surface area (Å²) >= 11 is 5.83. The molecule has 0 aliphatic rings. The van der Waals surface area contributed by atoms with Gasteiger partial charge < -0.3 is 19.8 Å². The van der Waals surface area contributed by atoms with Crippen molar-refractivity contribution in [3.63, 3.8) is 0 Å². The van der Waals surface area contributed by atoms with E-state index in [2.05, 4.69) is 20.8 Å². The SMILES string of the molecule is COCCNCc1nnc(NCc2ccc(Cl)cc2)o1. The Hall–Kier alpha value is -1.63. The van der Waals surface area contributed by atoms with Crippen LogP contribution < -0.4 is 10.6 Å². The molecule has 6 nitrogen and oxygen atoms in total. The zero-order valence-electron chi connectivity index (χ0n) is 11.2. The van der Waals surface area contributed by atoms with Crippen LogP contribution in [0.3, 0.4) is 0 Å². The average molecular weight is 297 g/mol. The highest BCUT2D eigenvalue weighted by Crippen LogP contribution is 2.11. The smallest absolute Gasteiger partial charge is 0.315 e. The van der Waals surface area contributed by atoms with Gasteiger partial charge in [-0.1, -0.05) is 28.8 Å². The quantitative estimate of drug-likeness (QED) is 0.727. The van der Waals surface area contributed by atoms with Crippen LogP contribution in [0.15, 0.2) is 28.7 Å². The monoisotopic (exact) mass is 296 g/mol. The van der Waals surface area contributed by atoms with E-state index in [4.69, 9.17) is 20.8 Å². The molecule has 2 aromatic rings. The van der Waals surface area contributed by atoms with Crippen LogP contribution in [0.25, 0.3) is 0 Å². The van der Waals surface area contributed by atoms with E-state index in [9.17, 15) is 0 Å². The lowest BCUT2D eigenvalue weighted by Crippen LogP contribution is -2.18. The minimum atomic E-state index is 0.406. The molecule has 0 unspecified atom stereocenters. The molecule has 0 aliphatic heterocycles. The van der Waals surface area contributed by atoms with Gasteiger partial charge in [-0.05, 0) is 17.7 Å². The van der Waals surface area contributed by atoms with Gasteiger partial charge in [0, 0.05) is 25.2 Å². The molecule has 0 bridgehead atoms. The minimum Gasteiger partial charge on any atom is -0.407 e. The highest BCUT2D eigenvalue weighted by Gasteiger charge is 2.05. The maximum Gasteiger partial charge on any atom is 0.315 e. The van der Waals surface area contributed by atoms with Crippen molar-refractivity contribution in [2.24, 2.45) is 0 Å². The van der Waals surface area contributed by atoms with E-state index in [0.717, 1.165) is 17.1 Å². The summed E-state index contributed by atoms with van der Waals surface area (Å²) in [5.41, 5.74) is 1.09. The number of halogens is 1. The summed E-state index contributed by atoms with van der Waals surface area (Å²) in [6.07, 6.45) is 0. The van der Waals surface area contributed by atoms with E-state index in [1.165, 1.54) is 0 Å². The van der Waals surface area contributed by atoms with Gasteiger partial charge in [0.25, 0.3) is 0 Å². The molecule has 2 rings (SSSR count). The fourth-order valence-corrected chi connectivity index (χ4v) is 1.67. The molecular weight excluding hydrogens is 280 g/mol. The molecule has 0 atom stereocenters. The molecule has 0 spiro atoms. The molecule has 1 aromatic heterocycles. The first-order chi connectivity index (χ1) is 9.78. The molecule has 1 heterocycles. The van der Waals surface area contributed by atoms with Crippen LogP contribution in [0, 0.1) is 0 Å². The Kier molecular flexibility index (Phi) is 5.79. The van der Waals surface area contributed by atoms with Crippen molar-refractivity contribution in [1.82, 2.24) is 15.5 Å². The summed E-state index contributed by atoms with van der Waals surface area (Å²) in [5.74, 6) is 0.541. The van der Waals surface area contributed by atoms with Gasteiger partial charge in [-0.15, -0.1) is 5.10 Å². The van der Waals surface area contributed by atoms with Gasteiger partial charge in [-0.25, -0.2) is 0 Å². The molecule has 0 fully saturated rings. The van der Waals surface area contributed by atoms with Gasteiger partial charge in [0.05, 0.1) is 13.2 Å². The minimum absolute atomic E-state index is 0.406. The van der Waals surface area contributed by atoms with Gasteiger partial charge in [0.15, 0.2) is 0 Å². The number of rotatable bonds is 8. The molecule has 0 aliphatic carbocycles. The standard InChI is InChI=1S/C13H17ClN4O2/c1-19-7-6-15-9-12-17-18-13(20-12)16-8-10-2-4-11(14)5-3-10/h2-5,15H,6-9H2,1H3,(H,16,18). The van der Waals surface area contributed by atoms with E-state index in [0.29, 0.717) is 31.6 Å². The van der Waals surface area contributed by atoms with Crippen molar-refractivity contribution in [3.05, 3.63) is 40.7 Å². The topological polar surface area (TPSA) is 72.2 Å². The molecule has 2 N–H and O–H groups in total. The Morgan fingerprint density at radius 2 is 2.00 bits per heavy atom. The summed E-state index contributed by atoms with van der Waals surface area (Å²) < 4.78 is 10.4. The number of nitrogens with one attached hydrogen (secondary N) is 2. The maximum absolute atomic E-state index is 5.83. The van der Waals surface area contributed by atoms with Crippen molar-refractivity contribution in [2.45, 2.75) is 13.1 Å². The predicted molar refractivity (Wildman–Crippen MR) is 76.7 cm³/mol. The molecular formula is C13H17ClN4O2. The van der Waals surface area contributed by atoms with E-state index in [1.807, 2.05) is 24.3 Å². The third kappa shape index (κ3) is 4.80. The van der Waals surface area contributed by atoms with Gasteiger partial charge in [-0.2, -0.15) is 0 Å². The molecule has 0 saturated carbocycles. The second kappa shape index (κ2) is 7.84. The summed E-state index contributed by atoms with van der Waals surface area (Å²) in [5, 5.41) is 14.8. The lowest BCUT2D eigenvalue weighted by Gasteiger charge is -2.02. The highest BCUT2D eigenvalue weighted by molar-refractivity contribution is 6.30. The maximum atomic E-state index is 5.83. The second-order valence-corrected chi connectivity index (χ2v) is 4.59. The number of aromatic nitrogens is 2. The first-order valence-corrected chi connectivity index (χ1v) is 6.66. The largest absolute Gasteiger partial charge is 0.407 e. The van der Waals surface area contributed by atoms with E-state index in [1.54, 1.807) is 7.11 Å². The molecule has 7 heteroatoms. The van der Waals surface area contributed by atoms with Crippen LogP contribution in [0.4, 0.5) is 6.01 Å². The zero-order chi connectivity index (χ0) is 14.2. The van der Waals surface area contributed by atoms with Gasteiger partial charge >= 0.3 is 6.01 Å². The predicted octanol–water partition coefficient (Wildman–Crippen LogP) is 2.07. The van der Waals surface area contributed by atoms with E-state index < -0.39 is 0 Å². The Bertz CT molecular complexity index is 515. The van der Waals surface area contributed by atoms with Crippen LogP contribution in [-0.2, 0) is 17.8 Å². The summed E-state index contributed by atoms with van der Waals surface area (Å²) in [6.45, 7) is 2.52. The summed E-state index contributed by atoms with van der Waals surface area (Å²) in [7, 11) is 1.66. The lowest BCUT2D eigenvalue weighted by atomic mass is 10.2. The highest BCUT2D eigenvalue weighted by atomic mass is 35.5. The van der Waals surface area contributed by atoms with Crippen molar-refractivity contribution in [3.8, 4) is 0 Å². The molecule has 1 aromatic carbocycles. The Labute approximate surface area is 122 Å². The van der Waals surface area contributed by atoms with Crippen molar-refractivity contribution in [2.75, 3.05) is 25.6 Å². The van der Waals surface area contributed by atoms with Crippen molar-refractivity contribution < 1.29 is 9.15 Å². The van der Waals surface area contributed by atoms with Crippen LogP contribution in [0.1, 0.15) is 11.5 Å². The second-order valence-electron chi connectivity index (χ2n) is 4.15. The van der Waals surface area contributed by atoms with Crippen LogP contribution in [-0.4, -0.2) is 30.5 Å². The molecule has 0 amide bonds. The van der Waals surface area contributed by atoms with Crippen molar-refractivity contribution in [1.29, 1.82) is 0 Å². The summed E-state index contributed by atoms with van der Waals surface area (Å²) in [6, 6.07) is 7.98. The third-order valence-electron chi connectivity index (χ3n) is 2.58. The fraction of sp³-hybridized carbons (Fsp3) is 0.385. The number of hydrogen-bond donors (Lipinski definition) is 2. The first kappa shape index (κ1) is 14.8. The van der Waals surface area contributed by atoms with Crippen LogP contribution in [0.2, 0.25) is 5.02 Å². The number of hydrogen-bond acceptors (Lipinski definition) is 6. The third-order valence-corrected chi connectivity index (χ3v) is 2.84. The van der Waals surface area contributed by atoms with Gasteiger partial charge in [0.1, 0.15) is 0 Å². The zero-order valence-corrected chi connectivity index (χ0v) is 12.0. The average Bonchev–Trinajstić information content (AvgIpc) is 2.91. The van der Waals surface area contributed by atoms with Gasteiger partial charge in [-0.3, -0.25) is 0 Å². The van der Waals surface area contributed by atoms with Crippen LogP contribution >= 0.6 is 11.6 Å². The Balaban J connectivity index is 1.76. The van der Waals surface area contributed by atoms with Gasteiger partial charge in [0.2, 0.25) is 5.89 Å².